The van der Waals surface area contributed by atoms with Gasteiger partial charge in [0.15, 0.2) is 0 Å². The summed E-state index contributed by atoms with van der Waals surface area (Å²) >= 11 is 0. The molecule has 1 heterocycles. The molecule has 110 valence electrons. The van der Waals surface area contributed by atoms with Crippen LogP contribution in [0.1, 0.15) is 58.3 Å². The monoisotopic (exact) mass is 267 g/mol. The van der Waals surface area contributed by atoms with Crippen molar-refractivity contribution >= 4 is 5.97 Å². The van der Waals surface area contributed by atoms with Gasteiger partial charge in [-0.15, -0.1) is 0 Å². The van der Waals surface area contributed by atoms with E-state index < -0.39 is 0 Å². The Morgan fingerprint density at radius 2 is 1.74 bits per heavy atom. The molecule has 0 amide bonds. The summed E-state index contributed by atoms with van der Waals surface area (Å²) in [7, 11) is 1.51. The average molecular weight is 267 g/mol. The fourth-order valence-corrected chi connectivity index (χ4v) is 3.86. The molecule has 0 unspecified atom stereocenters. The Kier molecular flexibility index (Phi) is 5.68. The number of piperidine rings is 1. The van der Waals surface area contributed by atoms with Crippen LogP contribution in [0.2, 0.25) is 0 Å². The summed E-state index contributed by atoms with van der Waals surface area (Å²) in [5.74, 6) is 1.13. The first-order valence-corrected chi connectivity index (χ1v) is 8.06. The lowest BCUT2D eigenvalue weighted by atomic mass is 9.83. The third kappa shape index (κ3) is 3.95. The summed E-state index contributed by atoms with van der Waals surface area (Å²) in [4.78, 5) is 14.2. The van der Waals surface area contributed by atoms with Gasteiger partial charge in [-0.05, 0) is 57.5 Å². The smallest absolute Gasteiger partial charge is 0.308 e. The number of ether oxygens (including phenoxy) is 1. The summed E-state index contributed by atoms with van der Waals surface area (Å²) in [6.07, 6.45) is 9.89. The second kappa shape index (κ2) is 7.28. The molecule has 2 fully saturated rings. The topological polar surface area (TPSA) is 29.5 Å². The van der Waals surface area contributed by atoms with E-state index in [0.717, 1.165) is 24.8 Å². The highest BCUT2D eigenvalue weighted by Gasteiger charge is 2.31. The molecule has 0 bridgehead atoms. The fraction of sp³-hybridized carbons (Fsp3) is 0.938. The summed E-state index contributed by atoms with van der Waals surface area (Å²) in [6, 6.07) is 0.725. The van der Waals surface area contributed by atoms with Crippen LogP contribution in [0.4, 0.5) is 0 Å². The molecule has 0 spiro atoms. The number of likely N-dealkylation sites (tertiary alicyclic amines) is 1. The number of carbonyl (C=O) groups excluding carboxylic acids is 1. The molecule has 2 aliphatic rings. The standard InChI is InChI=1S/C16H29NO2/c1-3-4-13-9-11-17(12-10-13)15-7-5-14(6-8-15)16(18)19-2/h13-15H,3-12H2,1-2H3. The predicted molar refractivity (Wildman–Crippen MR) is 77.0 cm³/mol. The Balaban J connectivity index is 1.72. The Labute approximate surface area is 117 Å². The van der Waals surface area contributed by atoms with Crippen molar-refractivity contribution in [1.82, 2.24) is 4.90 Å². The van der Waals surface area contributed by atoms with Crippen molar-refractivity contribution in [3.8, 4) is 0 Å². The van der Waals surface area contributed by atoms with Gasteiger partial charge in [-0.3, -0.25) is 4.79 Å². The van der Waals surface area contributed by atoms with E-state index in [2.05, 4.69) is 11.8 Å². The van der Waals surface area contributed by atoms with Gasteiger partial charge in [0.2, 0.25) is 0 Å². The number of rotatable bonds is 4. The zero-order valence-electron chi connectivity index (χ0n) is 12.6. The molecule has 2 rings (SSSR count). The molecule has 0 radical (unpaired) electrons. The van der Waals surface area contributed by atoms with Crippen molar-refractivity contribution in [3.63, 3.8) is 0 Å². The lowest BCUT2D eigenvalue weighted by Crippen LogP contribution is -2.43. The molecule has 3 nitrogen and oxygen atoms in total. The molecule has 0 N–H and O–H groups in total. The second-order valence-corrected chi connectivity index (χ2v) is 6.30. The van der Waals surface area contributed by atoms with Crippen LogP contribution in [-0.2, 0) is 9.53 Å². The second-order valence-electron chi connectivity index (χ2n) is 6.30. The van der Waals surface area contributed by atoms with E-state index in [0.29, 0.717) is 0 Å². The number of hydrogen-bond donors (Lipinski definition) is 0. The van der Waals surface area contributed by atoms with Crippen LogP contribution in [-0.4, -0.2) is 37.1 Å². The molecule has 0 aromatic heterocycles. The van der Waals surface area contributed by atoms with Gasteiger partial charge < -0.3 is 9.64 Å². The number of hydrogen-bond acceptors (Lipinski definition) is 3. The van der Waals surface area contributed by atoms with Gasteiger partial charge in [0, 0.05) is 6.04 Å². The number of esters is 1. The van der Waals surface area contributed by atoms with Crippen LogP contribution >= 0.6 is 0 Å². The van der Waals surface area contributed by atoms with Crippen LogP contribution in [0.25, 0.3) is 0 Å². The van der Waals surface area contributed by atoms with Gasteiger partial charge in [-0.2, -0.15) is 0 Å². The Bertz CT molecular complexity index is 276. The van der Waals surface area contributed by atoms with Gasteiger partial charge in [0.1, 0.15) is 0 Å². The van der Waals surface area contributed by atoms with Crippen LogP contribution in [0.15, 0.2) is 0 Å². The van der Waals surface area contributed by atoms with E-state index >= 15 is 0 Å². The molecule has 0 atom stereocenters. The third-order valence-electron chi connectivity index (χ3n) is 5.09. The Hall–Kier alpha value is -0.570. The first-order valence-electron chi connectivity index (χ1n) is 8.06. The van der Waals surface area contributed by atoms with Crippen molar-refractivity contribution in [3.05, 3.63) is 0 Å². The van der Waals surface area contributed by atoms with E-state index in [1.165, 1.54) is 58.7 Å². The molecular weight excluding hydrogens is 238 g/mol. The summed E-state index contributed by atoms with van der Waals surface area (Å²) in [5, 5.41) is 0. The minimum atomic E-state index is 0.0000963. The maximum atomic E-state index is 11.5. The number of nitrogens with zero attached hydrogens (tertiary/aromatic N) is 1. The van der Waals surface area contributed by atoms with Gasteiger partial charge in [-0.25, -0.2) is 0 Å². The van der Waals surface area contributed by atoms with Crippen molar-refractivity contribution in [2.75, 3.05) is 20.2 Å². The van der Waals surface area contributed by atoms with Gasteiger partial charge in [0.25, 0.3) is 0 Å². The number of methoxy groups -OCH3 is 1. The summed E-state index contributed by atoms with van der Waals surface area (Å²) in [5.41, 5.74) is 0. The molecule has 3 heteroatoms. The average Bonchev–Trinajstić information content (AvgIpc) is 2.48. The lowest BCUT2D eigenvalue weighted by Gasteiger charge is -2.40. The zero-order chi connectivity index (χ0) is 13.7. The first kappa shape index (κ1) is 14.8. The third-order valence-corrected chi connectivity index (χ3v) is 5.09. The van der Waals surface area contributed by atoms with Crippen LogP contribution < -0.4 is 0 Å². The molecule has 1 saturated heterocycles. The largest absolute Gasteiger partial charge is 0.469 e. The van der Waals surface area contributed by atoms with Gasteiger partial charge in [-0.1, -0.05) is 19.8 Å². The van der Waals surface area contributed by atoms with Crippen molar-refractivity contribution in [1.29, 1.82) is 0 Å². The minimum Gasteiger partial charge on any atom is -0.469 e. The van der Waals surface area contributed by atoms with E-state index in [1.54, 1.807) is 0 Å². The van der Waals surface area contributed by atoms with Gasteiger partial charge in [0.05, 0.1) is 13.0 Å². The van der Waals surface area contributed by atoms with Crippen molar-refractivity contribution in [2.45, 2.75) is 64.3 Å². The lowest BCUT2D eigenvalue weighted by molar-refractivity contribution is -0.147. The molecule has 1 saturated carbocycles. The van der Waals surface area contributed by atoms with Crippen molar-refractivity contribution in [2.24, 2.45) is 11.8 Å². The fourth-order valence-electron chi connectivity index (χ4n) is 3.86. The van der Waals surface area contributed by atoms with E-state index in [9.17, 15) is 4.79 Å². The molecule has 1 aliphatic carbocycles. The van der Waals surface area contributed by atoms with E-state index in [-0.39, 0.29) is 11.9 Å². The number of carbonyl (C=O) groups is 1. The minimum absolute atomic E-state index is 0.0000963. The summed E-state index contributed by atoms with van der Waals surface area (Å²) in [6.45, 7) is 4.84. The van der Waals surface area contributed by atoms with E-state index in [1.807, 2.05) is 0 Å². The molecule has 0 aromatic rings. The van der Waals surface area contributed by atoms with E-state index in [4.69, 9.17) is 4.74 Å². The Morgan fingerprint density at radius 3 is 2.26 bits per heavy atom. The first-order chi connectivity index (χ1) is 9.24. The maximum Gasteiger partial charge on any atom is 0.308 e. The van der Waals surface area contributed by atoms with Crippen LogP contribution in [0, 0.1) is 11.8 Å². The Morgan fingerprint density at radius 1 is 1.11 bits per heavy atom. The highest BCUT2D eigenvalue weighted by Crippen LogP contribution is 2.31. The predicted octanol–water partition coefficient (Wildman–Crippen LogP) is 3.23. The molecule has 0 aromatic carbocycles. The molecular formula is C16H29NO2. The van der Waals surface area contributed by atoms with Crippen LogP contribution in [0.5, 0.6) is 0 Å². The highest BCUT2D eigenvalue weighted by atomic mass is 16.5. The highest BCUT2D eigenvalue weighted by molar-refractivity contribution is 5.72. The molecule has 19 heavy (non-hydrogen) atoms. The van der Waals surface area contributed by atoms with Crippen LogP contribution in [0.3, 0.4) is 0 Å². The molecule has 1 aliphatic heterocycles. The normalized spacial score (nSPS) is 30.2. The summed E-state index contributed by atoms with van der Waals surface area (Å²) < 4.78 is 4.86. The van der Waals surface area contributed by atoms with Gasteiger partial charge >= 0.3 is 5.97 Å². The van der Waals surface area contributed by atoms with Crippen molar-refractivity contribution < 1.29 is 9.53 Å². The maximum absolute atomic E-state index is 11.5. The SMILES string of the molecule is CCCC1CCN(C2CCC(C(=O)OC)CC2)CC1. The zero-order valence-corrected chi connectivity index (χ0v) is 12.6. The quantitative estimate of drug-likeness (QED) is 0.732.